The van der Waals surface area contributed by atoms with Crippen LogP contribution in [0.2, 0.25) is 0 Å². The highest BCUT2D eigenvalue weighted by molar-refractivity contribution is 7.98. The molecule has 0 aliphatic carbocycles. The lowest BCUT2D eigenvalue weighted by Crippen LogP contribution is -2.27. The molecule has 0 saturated carbocycles. The first-order valence-electron chi connectivity index (χ1n) is 7.57. The summed E-state index contributed by atoms with van der Waals surface area (Å²) in [7, 11) is 0. The molecule has 0 unspecified atom stereocenters. The van der Waals surface area contributed by atoms with Crippen molar-refractivity contribution in [1.82, 2.24) is 15.3 Å². The average molecular weight is 309 g/mol. The van der Waals surface area contributed by atoms with Crippen molar-refractivity contribution in [1.29, 1.82) is 0 Å². The Balaban J connectivity index is 2.83. The van der Waals surface area contributed by atoms with Crippen molar-refractivity contribution >= 4 is 17.7 Å². The van der Waals surface area contributed by atoms with Gasteiger partial charge in [-0.1, -0.05) is 27.7 Å². The topological polar surface area (TPSA) is 54.9 Å². The number of nitrogens with one attached hydrogen (secondary N) is 1. The van der Waals surface area contributed by atoms with Gasteiger partial charge in [0.1, 0.15) is 10.9 Å². The van der Waals surface area contributed by atoms with E-state index in [-0.39, 0.29) is 11.8 Å². The van der Waals surface area contributed by atoms with Gasteiger partial charge >= 0.3 is 0 Å². The minimum Gasteiger partial charge on any atom is -0.352 e. The van der Waals surface area contributed by atoms with Gasteiger partial charge < -0.3 is 5.32 Å². The van der Waals surface area contributed by atoms with E-state index in [9.17, 15) is 4.79 Å². The first-order valence-corrected chi connectivity index (χ1v) is 8.80. The summed E-state index contributed by atoms with van der Waals surface area (Å²) in [6.45, 7) is 11.1. The highest BCUT2D eigenvalue weighted by atomic mass is 32.2. The molecule has 5 heteroatoms. The van der Waals surface area contributed by atoms with E-state index >= 15 is 0 Å². The number of carbonyl (C=O) groups excluding carboxylic acids is 1. The van der Waals surface area contributed by atoms with Crippen molar-refractivity contribution in [2.75, 3.05) is 12.8 Å². The third kappa shape index (κ3) is 5.30. The van der Waals surface area contributed by atoms with Crippen LogP contribution >= 0.6 is 11.8 Å². The first kappa shape index (κ1) is 18.0. The molecule has 0 bridgehead atoms. The number of hydrogen-bond acceptors (Lipinski definition) is 4. The zero-order valence-corrected chi connectivity index (χ0v) is 14.8. The molecule has 0 aliphatic rings. The molecule has 0 saturated heterocycles. The lowest BCUT2D eigenvalue weighted by molar-refractivity contribution is 0.0947. The second kappa shape index (κ2) is 8.37. The van der Waals surface area contributed by atoms with Crippen LogP contribution in [0.3, 0.4) is 0 Å². The fourth-order valence-corrected chi connectivity index (χ4v) is 2.66. The molecule has 0 aliphatic heterocycles. The Hall–Kier alpha value is -1.10. The Morgan fingerprint density at radius 2 is 1.90 bits per heavy atom. The summed E-state index contributed by atoms with van der Waals surface area (Å²) in [5.74, 6) is 1.67. The van der Waals surface area contributed by atoms with Gasteiger partial charge in [-0.3, -0.25) is 4.79 Å². The molecule has 1 aromatic rings. The van der Waals surface area contributed by atoms with Crippen LogP contribution in [-0.2, 0) is 0 Å². The number of carbonyl (C=O) groups is 1. The Labute approximate surface area is 132 Å². The number of thioether (sulfide) groups is 1. The Bertz CT molecular complexity index is 487. The normalized spacial score (nSPS) is 11.2. The number of aromatic nitrogens is 2. The molecule has 4 nitrogen and oxygen atoms in total. The molecule has 21 heavy (non-hydrogen) atoms. The number of nitrogens with zero attached hydrogens (tertiary/aromatic N) is 2. The van der Waals surface area contributed by atoms with E-state index in [0.717, 1.165) is 29.4 Å². The zero-order valence-electron chi connectivity index (χ0n) is 14.0. The smallest absolute Gasteiger partial charge is 0.255 e. The lowest BCUT2D eigenvalue weighted by Gasteiger charge is -2.13. The van der Waals surface area contributed by atoms with Gasteiger partial charge in [0.25, 0.3) is 5.91 Å². The van der Waals surface area contributed by atoms with Crippen LogP contribution in [0.5, 0.6) is 0 Å². The predicted octanol–water partition coefficient (Wildman–Crippen LogP) is 3.80. The Morgan fingerprint density at radius 1 is 1.24 bits per heavy atom. The van der Waals surface area contributed by atoms with E-state index in [4.69, 9.17) is 0 Å². The molecular formula is C16H27N3OS. The van der Waals surface area contributed by atoms with Crippen molar-refractivity contribution in [2.24, 2.45) is 5.92 Å². The van der Waals surface area contributed by atoms with Gasteiger partial charge in [-0.2, -0.15) is 0 Å². The van der Waals surface area contributed by atoms with Crippen molar-refractivity contribution in [3.63, 3.8) is 0 Å². The van der Waals surface area contributed by atoms with Crippen LogP contribution in [0, 0.1) is 12.8 Å². The Kier molecular flexibility index (Phi) is 7.15. The predicted molar refractivity (Wildman–Crippen MR) is 89.0 cm³/mol. The summed E-state index contributed by atoms with van der Waals surface area (Å²) in [6.07, 6.45) is 4.07. The van der Waals surface area contributed by atoms with Gasteiger partial charge in [0.15, 0.2) is 0 Å². The van der Waals surface area contributed by atoms with E-state index in [1.165, 1.54) is 11.8 Å². The molecule has 1 rings (SSSR count). The maximum absolute atomic E-state index is 12.4. The maximum Gasteiger partial charge on any atom is 0.255 e. The fourth-order valence-electron chi connectivity index (χ4n) is 2.04. The van der Waals surface area contributed by atoms with Crippen molar-refractivity contribution in [3.05, 3.63) is 17.1 Å². The summed E-state index contributed by atoms with van der Waals surface area (Å²) in [6, 6.07) is 0. The Morgan fingerprint density at radius 3 is 2.43 bits per heavy atom. The molecular weight excluding hydrogens is 282 g/mol. The van der Waals surface area contributed by atoms with Crippen molar-refractivity contribution < 1.29 is 4.79 Å². The van der Waals surface area contributed by atoms with Gasteiger partial charge in [0, 0.05) is 12.5 Å². The molecule has 0 spiro atoms. The van der Waals surface area contributed by atoms with Crippen LogP contribution in [-0.4, -0.2) is 28.7 Å². The summed E-state index contributed by atoms with van der Waals surface area (Å²) in [5, 5.41) is 3.76. The van der Waals surface area contributed by atoms with Gasteiger partial charge in [-0.05, 0) is 31.9 Å². The first-order chi connectivity index (χ1) is 9.86. The molecule has 0 fully saturated rings. The van der Waals surface area contributed by atoms with E-state index in [1.54, 1.807) is 0 Å². The maximum atomic E-state index is 12.4. The number of rotatable bonds is 7. The summed E-state index contributed by atoms with van der Waals surface area (Å²) in [5.41, 5.74) is 1.39. The average Bonchev–Trinajstić information content (AvgIpc) is 2.41. The molecule has 1 N–H and O–H groups in total. The lowest BCUT2D eigenvalue weighted by atomic mass is 10.1. The minimum absolute atomic E-state index is 0.0593. The molecule has 0 radical (unpaired) electrons. The van der Waals surface area contributed by atoms with E-state index in [2.05, 4.69) is 43.0 Å². The van der Waals surface area contributed by atoms with Crippen LogP contribution in [0.4, 0.5) is 0 Å². The second-order valence-corrected chi connectivity index (χ2v) is 6.79. The quantitative estimate of drug-likeness (QED) is 0.473. The monoisotopic (exact) mass is 309 g/mol. The van der Waals surface area contributed by atoms with Crippen molar-refractivity contribution in [2.45, 2.75) is 58.4 Å². The number of amides is 1. The largest absolute Gasteiger partial charge is 0.352 e. The zero-order chi connectivity index (χ0) is 16.0. The van der Waals surface area contributed by atoms with Crippen LogP contribution in [0.15, 0.2) is 5.03 Å². The molecule has 0 aromatic carbocycles. The summed E-state index contributed by atoms with van der Waals surface area (Å²) < 4.78 is 0. The van der Waals surface area contributed by atoms with E-state index in [0.29, 0.717) is 18.0 Å². The van der Waals surface area contributed by atoms with Gasteiger partial charge in [-0.25, -0.2) is 9.97 Å². The summed E-state index contributed by atoms with van der Waals surface area (Å²) >= 11 is 1.50. The molecule has 118 valence electrons. The minimum atomic E-state index is -0.0593. The van der Waals surface area contributed by atoms with E-state index < -0.39 is 0 Å². The van der Waals surface area contributed by atoms with Gasteiger partial charge in [0.2, 0.25) is 0 Å². The standard InChI is InChI=1S/C16H27N3OS/c1-10(2)8-7-9-17-15(20)13-12(5)18-14(11(3)4)19-16(13)21-6/h10-11H,7-9H2,1-6H3,(H,17,20). The molecule has 0 atom stereocenters. The molecule has 1 aromatic heterocycles. The van der Waals surface area contributed by atoms with Crippen LogP contribution < -0.4 is 5.32 Å². The SMILES string of the molecule is CSc1nc(C(C)C)nc(C)c1C(=O)NCCCC(C)C. The fraction of sp³-hybridized carbons (Fsp3) is 0.688. The second-order valence-electron chi connectivity index (χ2n) is 6.00. The molecule has 1 heterocycles. The van der Waals surface area contributed by atoms with Gasteiger partial charge in [-0.15, -0.1) is 11.8 Å². The third-order valence-electron chi connectivity index (χ3n) is 3.25. The molecule has 1 amide bonds. The van der Waals surface area contributed by atoms with Gasteiger partial charge in [0.05, 0.1) is 11.3 Å². The third-order valence-corrected chi connectivity index (χ3v) is 3.94. The van der Waals surface area contributed by atoms with Crippen molar-refractivity contribution in [3.8, 4) is 0 Å². The van der Waals surface area contributed by atoms with E-state index in [1.807, 2.05) is 13.2 Å². The highest BCUT2D eigenvalue weighted by Crippen LogP contribution is 2.23. The highest BCUT2D eigenvalue weighted by Gasteiger charge is 2.18. The number of hydrogen-bond donors (Lipinski definition) is 1. The van der Waals surface area contributed by atoms with Crippen LogP contribution in [0.1, 0.15) is 68.3 Å². The summed E-state index contributed by atoms with van der Waals surface area (Å²) in [4.78, 5) is 21.4. The number of aryl methyl sites for hydroxylation is 1. The van der Waals surface area contributed by atoms with Crippen LogP contribution in [0.25, 0.3) is 0 Å².